The van der Waals surface area contributed by atoms with Gasteiger partial charge in [0.05, 0.1) is 17.4 Å². The van der Waals surface area contributed by atoms with Gasteiger partial charge >= 0.3 is 0 Å². The van der Waals surface area contributed by atoms with Gasteiger partial charge in [-0.05, 0) is 37.3 Å². The van der Waals surface area contributed by atoms with Gasteiger partial charge in [0.15, 0.2) is 5.16 Å². The minimum absolute atomic E-state index is 0.168. The third kappa shape index (κ3) is 4.25. The van der Waals surface area contributed by atoms with Crippen LogP contribution in [0, 0.1) is 18.3 Å². The summed E-state index contributed by atoms with van der Waals surface area (Å²) in [7, 11) is 0. The number of anilines is 1. The van der Waals surface area contributed by atoms with Gasteiger partial charge in [0.2, 0.25) is 5.91 Å². The highest BCUT2D eigenvalue weighted by Crippen LogP contribution is 2.20. The molecule has 6 nitrogen and oxygen atoms in total. The maximum Gasteiger partial charge on any atom is 0.234 e. The second-order valence-corrected chi connectivity index (χ2v) is 6.29. The quantitative estimate of drug-likeness (QED) is 0.715. The van der Waals surface area contributed by atoms with Gasteiger partial charge in [-0.15, -0.1) is 10.2 Å². The third-order valence-electron chi connectivity index (χ3n) is 3.44. The molecule has 0 spiro atoms. The third-order valence-corrected chi connectivity index (χ3v) is 4.38. The Bertz CT molecular complexity index is 927. The molecule has 1 N–H and O–H groups in total. The minimum atomic E-state index is -0.168. The molecule has 3 aromatic rings. The van der Waals surface area contributed by atoms with Crippen molar-refractivity contribution in [3.8, 4) is 11.8 Å². The molecular weight excluding hydrogens is 334 g/mol. The van der Waals surface area contributed by atoms with Crippen LogP contribution in [0.3, 0.4) is 0 Å². The summed E-state index contributed by atoms with van der Waals surface area (Å²) in [5, 5.41) is 20.3. The predicted octanol–water partition coefficient (Wildman–Crippen LogP) is 3.18. The van der Waals surface area contributed by atoms with Gasteiger partial charge in [0.25, 0.3) is 0 Å². The van der Waals surface area contributed by atoms with E-state index in [1.165, 1.54) is 17.3 Å². The number of carbonyl (C=O) groups excluding carboxylic acids is 1. The molecular formula is C18H15N5OS. The van der Waals surface area contributed by atoms with E-state index in [4.69, 9.17) is 5.26 Å². The number of thioether (sulfide) groups is 1. The monoisotopic (exact) mass is 349 g/mol. The summed E-state index contributed by atoms with van der Waals surface area (Å²) in [5.74, 6) is 0.0278. The maximum atomic E-state index is 12.1. The number of nitrogens with one attached hydrogen (secondary N) is 1. The maximum absolute atomic E-state index is 12.1. The van der Waals surface area contributed by atoms with E-state index in [0.717, 1.165) is 5.69 Å². The van der Waals surface area contributed by atoms with E-state index in [-0.39, 0.29) is 11.7 Å². The summed E-state index contributed by atoms with van der Waals surface area (Å²) in [4.78, 5) is 12.1. The van der Waals surface area contributed by atoms with Crippen molar-refractivity contribution in [2.24, 2.45) is 0 Å². The Hall–Kier alpha value is -3.11. The molecule has 0 aliphatic heterocycles. The van der Waals surface area contributed by atoms with Crippen molar-refractivity contribution < 1.29 is 4.79 Å². The van der Waals surface area contributed by atoms with Crippen LogP contribution in [0.25, 0.3) is 5.69 Å². The largest absolute Gasteiger partial charge is 0.325 e. The summed E-state index contributed by atoms with van der Waals surface area (Å²) < 4.78 is 1.84. The van der Waals surface area contributed by atoms with Crippen molar-refractivity contribution in [1.82, 2.24) is 14.8 Å². The number of hydrogen-bond donors (Lipinski definition) is 1. The molecule has 0 radical (unpaired) electrons. The van der Waals surface area contributed by atoms with Crippen LogP contribution in [-0.4, -0.2) is 26.4 Å². The minimum Gasteiger partial charge on any atom is -0.325 e. The number of aromatic nitrogens is 3. The fourth-order valence-corrected chi connectivity index (χ4v) is 2.93. The Kier molecular flexibility index (Phi) is 5.11. The highest BCUT2D eigenvalue weighted by atomic mass is 32.2. The number of nitriles is 1. The lowest BCUT2D eigenvalue weighted by Gasteiger charge is -2.07. The van der Waals surface area contributed by atoms with Gasteiger partial charge in [0, 0.05) is 11.4 Å². The molecule has 1 amide bonds. The molecule has 1 heterocycles. The van der Waals surface area contributed by atoms with E-state index < -0.39 is 0 Å². The van der Waals surface area contributed by atoms with Crippen LogP contribution in [-0.2, 0) is 4.79 Å². The molecule has 25 heavy (non-hydrogen) atoms. The summed E-state index contributed by atoms with van der Waals surface area (Å²) in [6, 6.07) is 16.8. The van der Waals surface area contributed by atoms with Gasteiger partial charge in [-0.2, -0.15) is 5.26 Å². The lowest BCUT2D eigenvalue weighted by molar-refractivity contribution is -0.113. The Morgan fingerprint density at radius 1 is 1.28 bits per heavy atom. The number of rotatable bonds is 5. The van der Waals surface area contributed by atoms with Crippen LogP contribution in [0.5, 0.6) is 0 Å². The first kappa shape index (κ1) is 16.7. The Morgan fingerprint density at radius 2 is 2.08 bits per heavy atom. The molecule has 0 bridgehead atoms. The van der Waals surface area contributed by atoms with Gasteiger partial charge in [-0.1, -0.05) is 35.5 Å². The fourth-order valence-electron chi connectivity index (χ4n) is 2.20. The molecule has 0 unspecified atom stereocenters. The van der Waals surface area contributed by atoms with Crippen molar-refractivity contribution in [3.63, 3.8) is 0 Å². The normalized spacial score (nSPS) is 10.2. The molecule has 0 atom stereocenters. The molecule has 1 aromatic heterocycles. The van der Waals surface area contributed by atoms with Crippen LogP contribution in [0.4, 0.5) is 5.69 Å². The molecule has 0 aliphatic rings. The van der Waals surface area contributed by atoms with Gasteiger partial charge in [0.1, 0.15) is 6.33 Å². The van der Waals surface area contributed by atoms with Crippen molar-refractivity contribution >= 4 is 23.4 Å². The zero-order valence-electron chi connectivity index (χ0n) is 13.5. The number of hydrogen-bond acceptors (Lipinski definition) is 5. The Balaban J connectivity index is 1.64. The molecule has 124 valence electrons. The van der Waals surface area contributed by atoms with Crippen molar-refractivity contribution in [2.45, 2.75) is 12.1 Å². The second-order valence-electron chi connectivity index (χ2n) is 5.35. The molecule has 3 rings (SSSR count). The highest BCUT2D eigenvalue weighted by molar-refractivity contribution is 7.99. The van der Waals surface area contributed by atoms with Crippen LogP contribution >= 0.6 is 11.8 Å². The molecule has 0 saturated heterocycles. The lowest BCUT2D eigenvalue weighted by atomic mass is 10.2. The SMILES string of the molecule is Cc1ccc(-n2cnnc2SCC(=O)Nc2cccc(C#N)c2)cc1. The number of amides is 1. The van der Waals surface area contributed by atoms with Crippen LogP contribution in [0.1, 0.15) is 11.1 Å². The van der Waals surface area contributed by atoms with Crippen LogP contribution < -0.4 is 5.32 Å². The van der Waals surface area contributed by atoms with Crippen LogP contribution in [0.15, 0.2) is 60.0 Å². The van der Waals surface area contributed by atoms with Crippen molar-refractivity contribution in [1.29, 1.82) is 5.26 Å². The number of benzene rings is 2. The zero-order valence-corrected chi connectivity index (χ0v) is 14.3. The molecule has 2 aromatic carbocycles. The van der Waals surface area contributed by atoms with E-state index in [1.807, 2.05) is 41.8 Å². The number of carbonyl (C=O) groups is 1. The van der Waals surface area contributed by atoms with Crippen molar-refractivity contribution in [2.75, 3.05) is 11.1 Å². The van der Waals surface area contributed by atoms with Gasteiger partial charge < -0.3 is 5.32 Å². The van der Waals surface area contributed by atoms with E-state index in [2.05, 4.69) is 15.5 Å². The Labute approximate surface area is 149 Å². The topological polar surface area (TPSA) is 83.6 Å². The lowest BCUT2D eigenvalue weighted by Crippen LogP contribution is -2.14. The number of nitrogens with zero attached hydrogens (tertiary/aromatic N) is 4. The molecule has 7 heteroatoms. The smallest absolute Gasteiger partial charge is 0.234 e. The van der Waals surface area contributed by atoms with E-state index in [9.17, 15) is 4.79 Å². The highest BCUT2D eigenvalue weighted by Gasteiger charge is 2.10. The van der Waals surface area contributed by atoms with E-state index in [0.29, 0.717) is 16.4 Å². The Morgan fingerprint density at radius 3 is 2.84 bits per heavy atom. The first-order valence-corrected chi connectivity index (χ1v) is 8.54. The first-order valence-electron chi connectivity index (χ1n) is 7.55. The molecule has 0 saturated carbocycles. The van der Waals surface area contributed by atoms with E-state index >= 15 is 0 Å². The van der Waals surface area contributed by atoms with Gasteiger partial charge in [-0.3, -0.25) is 9.36 Å². The standard InChI is InChI=1S/C18H15N5OS/c1-13-5-7-16(8-6-13)23-12-20-22-18(23)25-11-17(24)21-15-4-2-3-14(9-15)10-19/h2-9,12H,11H2,1H3,(H,21,24). The second kappa shape index (κ2) is 7.64. The molecule has 0 fully saturated rings. The average molecular weight is 349 g/mol. The summed E-state index contributed by atoms with van der Waals surface area (Å²) >= 11 is 1.30. The predicted molar refractivity (Wildman–Crippen MR) is 96.6 cm³/mol. The fraction of sp³-hybridized carbons (Fsp3) is 0.111. The van der Waals surface area contributed by atoms with Gasteiger partial charge in [-0.25, -0.2) is 0 Å². The summed E-state index contributed by atoms with van der Waals surface area (Å²) in [6.07, 6.45) is 1.63. The van der Waals surface area contributed by atoms with Crippen molar-refractivity contribution in [3.05, 3.63) is 66.0 Å². The average Bonchev–Trinajstić information content (AvgIpc) is 3.09. The van der Waals surface area contributed by atoms with Crippen LogP contribution in [0.2, 0.25) is 0 Å². The number of aryl methyl sites for hydroxylation is 1. The zero-order chi connectivity index (χ0) is 17.6. The summed E-state index contributed by atoms with van der Waals surface area (Å²) in [6.45, 7) is 2.03. The molecule has 0 aliphatic carbocycles. The first-order chi connectivity index (χ1) is 12.2. The summed E-state index contributed by atoms with van der Waals surface area (Å²) in [5.41, 5.74) is 3.22. The van der Waals surface area contributed by atoms with E-state index in [1.54, 1.807) is 30.6 Å².